The number of methoxy groups -OCH3 is 2. The maximum Gasteiger partial charge on any atom is 0.272 e. The van der Waals surface area contributed by atoms with Gasteiger partial charge in [0.2, 0.25) is 5.91 Å². The topological polar surface area (TPSA) is 106 Å². The van der Waals surface area contributed by atoms with Crippen molar-refractivity contribution in [1.29, 1.82) is 0 Å². The minimum absolute atomic E-state index is 0.0486. The van der Waals surface area contributed by atoms with E-state index in [9.17, 15) is 14.4 Å². The summed E-state index contributed by atoms with van der Waals surface area (Å²) < 4.78 is 10.5. The Morgan fingerprint density at radius 1 is 0.795 bits per heavy atom. The van der Waals surface area contributed by atoms with Crippen molar-refractivity contribution in [3.05, 3.63) is 117 Å². The van der Waals surface area contributed by atoms with Crippen molar-refractivity contribution in [2.75, 3.05) is 30.6 Å². The summed E-state index contributed by atoms with van der Waals surface area (Å²) >= 11 is 20.0. The molecule has 0 atom stereocenters. The van der Waals surface area contributed by atoms with Gasteiger partial charge in [-0.1, -0.05) is 71.2 Å². The quantitative estimate of drug-likeness (QED) is 0.111. The number of hydrogen-bond donors (Lipinski definition) is 3. The molecule has 0 saturated carbocycles. The number of amides is 3. The first-order valence-electron chi connectivity index (χ1n) is 13.0. The largest absolute Gasteiger partial charge is 0.495 e. The highest BCUT2D eigenvalue weighted by Gasteiger charge is 2.17. The number of anilines is 2. The highest BCUT2D eigenvalue weighted by atomic mass is 35.5. The van der Waals surface area contributed by atoms with E-state index in [0.29, 0.717) is 44.0 Å². The molecule has 12 heteroatoms. The Balaban J connectivity index is 1.47. The number of rotatable bonds is 11. The number of hydrogen-bond acceptors (Lipinski definition) is 6. The van der Waals surface area contributed by atoms with Crippen LogP contribution in [0.15, 0.2) is 95.5 Å². The molecule has 0 radical (unpaired) electrons. The van der Waals surface area contributed by atoms with E-state index in [1.165, 1.54) is 32.1 Å². The van der Waals surface area contributed by atoms with Gasteiger partial charge in [0.25, 0.3) is 11.8 Å². The molecule has 0 unspecified atom stereocenters. The summed E-state index contributed by atoms with van der Waals surface area (Å²) in [5, 5.41) is 9.12. The zero-order chi connectivity index (χ0) is 31.6. The predicted molar refractivity (Wildman–Crippen MR) is 177 cm³/mol. The number of thioether (sulfide) groups is 1. The van der Waals surface area contributed by atoms with Gasteiger partial charge in [0.15, 0.2) is 0 Å². The van der Waals surface area contributed by atoms with Crippen LogP contribution in [-0.2, 0) is 9.59 Å². The third-order valence-electron chi connectivity index (χ3n) is 6.02. The van der Waals surface area contributed by atoms with Crippen LogP contribution in [0.1, 0.15) is 15.9 Å². The van der Waals surface area contributed by atoms with Crippen molar-refractivity contribution in [2.24, 2.45) is 0 Å². The third kappa shape index (κ3) is 8.70. The summed E-state index contributed by atoms with van der Waals surface area (Å²) in [5.74, 6) is -0.477. The minimum Gasteiger partial charge on any atom is -0.495 e. The van der Waals surface area contributed by atoms with Gasteiger partial charge in [0.05, 0.1) is 40.7 Å². The summed E-state index contributed by atoms with van der Waals surface area (Å²) in [5.41, 5.74) is 1.62. The van der Waals surface area contributed by atoms with Gasteiger partial charge in [0, 0.05) is 22.2 Å². The number of carbonyl (C=O) groups excluding carboxylic acids is 3. The lowest BCUT2D eigenvalue weighted by atomic mass is 10.1. The van der Waals surface area contributed by atoms with E-state index >= 15 is 0 Å². The van der Waals surface area contributed by atoms with Crippen molar-refractivity contribution in [3.63, 3.8) is 0 Å². The molecule has 4 aromatic rings. The van der Waals surface area contributed by atoms with E-state index in [4.69, 9.17) is 44.3 Å². The van der Waals surface area contributed by atoms with Gasteiger partial charge >= 0.3 is 0 Å². The van der Waals surface area contributed by atoms with E-state index in [1.54, 1.807) is 84.9 Å². The lowest BCUT2D eigenvalue weighted by Gasteiger charge is -2.13. The standard InChI is InChI=1S/C32H26Cl3N3O5S/c1-42-27-17-28(43-2)25(16-24(27)34)37-29(39)18-44-22-12-7-11-21(15-22)36-32(41)26(14-20-10-6-13-23(33)30(20)35)38-31(40)19-8-4-3-5-9-19/h3-17H,18H2,1-2H3,(H,36,41)(H,37,39)(H,38,40)/b26-14+. The van der Waals surface area contributed by atoms with Gasteiger partial charge in [-0.25, -0.2) is 0 Å². The van der Waals surface area contributed by atoms with Crippen molar-refractivity contribution in [1.82, 2.24) is 5.32 Å². The smallest absolute Gasteiger partial charge is 0.272 e. The number of benzene rings is 4. The summed E-state index contributed by atoms with van der Waals surface area (Å²) in [6, 6.07) is 23.6. The second-order valence-corrected chi connectivity index (χ2v) is 11.3. The molecule has 4 aromatic carbocycles. The molecule has 4 rings (SSSR count). The molecule has 0 fully saturated rings. The summed E-state index contributed by atoms with van der Waals surface area (Å²) in [6.07, 6.45) is 1.45. The zero-order valence-corrected chi connectivity index (χ0v) is 26.5. The molecule has 0 aliphatic carbocycles. The van der Waals surface area contributed by atoms with Crippen LogP contribution in [0.4, 0.5) is 11.4 Å². The highest BCUT2D eigenvalue weighted by Crippen LogP contribution is 2.36. The molecule has 0 heterocycles. The van der Waals surface area contributed by atoms with Crippen LogP contribution in [0.5, 0.6) is 11.5 Å². The van der Waals surface area contributed by atoms with Gasteiger partial charge < -0.3 is 25.4 Å². The third-order valence-corrected chi connectivity index (χ3v) is 8.14. The highest BCUT2D eigenvalue weighted by molar-refractivity contribution is 8.00. The second-order valence-electron chi connectivity index (χ2n) is 9.03. The fourth-order valence-corrected chi connectivity index (χ4v) is 5.24. The maximum atomic E-state index is 13.4. The first-order chi connectivity index (χ1) is 21.2. The molecule has 0 aliphatic rings. The first-order valence-corrected chi connectivity index (χ1v) is 15.1. The average molecular weight is 671 g/mol. The van der Waals surface area contributed by atoms with Gasteiger partial charge in [-0.05, 0) is 54.1 Å². The molecule has 0 saturated heterocycles. The van der Waals surface area contributed by atoms with Crippen LogP contribution in [-0.4, -0.2) is 37.7 Å². The summed E-state index contributed by atoms with van der Waals surface area (Å²) in [4.78, 5) is 39.8. The Bertz CT molecular complexity index is 1720. The van der Waals surface area contributed by atoms with Crippen molar-refractivity contribution in [3.8, 4) is 11.5 Å². The molecular formula is C32H26Cl3N3O5S. The van der Waals surface area contributed by atoms with Crippen LogP contribution in [0, 0.1) is 0 Å². The molecule has 0 spiro atoms. The fourth-order valence-electron chi connectivity index (χ4n) is 3.88. The molecule has 3 N–H and O–H groups in total. The van der Waals surface area contributed by atoms with E-state index < -0.39 is 11.8 Å². The van der Waals surface area contributed by atoms with Crippen LogP contribution < -0.4 is 25.4 Å². The normalized spacial score (nSPS) is 11.0. The minimum atomic E-state index is -0.589. The van der Waals surface area contributed by atoms with Crippen LogP contribution >= 0.6 is 46.6 Å². The van der Waals surface area contributed by atoms with Crippen molar-refractivity contribution >= 4 is 81.7 Å². The van der Waals surface area contributed by atoms with E-state index in [-0.39, 0.29) is 22.4 Å². The Morgan fingerprint density at radius 3 is 2.25 bits per heavy atom. The fraction of sp³-hybridized carbons (Fsp3) is 0.0938. The van der Waals surface area contributed by atoms with Crippen LogP contribution in [0.2, 0.25) is 15.1 Å². The number of carbonyl (C=O) groups is 3. The van der Waals surface area contributed by atoms with E-state index in [2.05, 4.69) is 16.0 Å². The SMILES string of the molecule is COc1cc(OC)c(NC(=O)CSc2cccc(NC(=O)/C(=C\c3cccc(Cl)c3Cl)NC(=O)c3ccccc3)c2)cc1Cl. The Hall–Kier alpha value is -4.15. The van der Waals surface area contributed by atoms with E-state index in [0.717, 1.165) is 4.90 Å². The molecule has 226 valence electrons. The summed E-state index contributed by atoms with van der Waals surface area (Å²) in [7, 11) is 2.96. The molecule has 44 heavy (non-hydrogen) atoms. The number of nitrogens with one attached hydrogen (secondary N) is 3. The van der Waals surface area contributed by atoms with Gasteiger partial charge in [-0.15, -0.1) is 11.8 Å². The van der Waals surface area contributed by atoms with E-state index in [1.807, 2.05) is 0 Å². The molecular weight excluding hydrogens is 645 g/mol. The maximum absolute atomic E-state index is 13.4. The van der Waals surface area contributed by atoms with Gasteiger partial charge in [-0.2, -0.15) is 0 Å². The first kappa shape index (κ1) is 32.8. The van der Waals surface area contributed by atoms with Crippen LogP contribution in [0.25, 0.3) is 6.08 Å². The molecule has 0 bridgehead atoms. The molecule has 0 aromatic heterocycles. The Morgan fingerprint density at radius 2 is 1.52 bits per heavy atom. The number of ether oxygens (including phenoxy) is 2. The molecule has 8 nitrogen and oxygen atoms in total. The summed E-state index contributed by atoms with van der Waals surface area (Å²) in [6.45, 7) is 0. The Labute approximate surface area is 273 Å². The molecule has 3 amide bonds. The Kier molecular flexibility index (Phi) is 11.6. The number of halogens is 3. The predicted octanol–water partition coefficient (Wildman–Crippen LogP) is 7.80. The second kappa shape index (κ2) is 15.5. The van der Waals surface area contributed by atoms with Gasteiger partial charge in [0.1, 0.15) is 17.2 Å². The average Bonchev–Trinajstić information content (AvgIpc) is 3.02. The zero-order valence-electron chi connectivity index (χ0n) is 23.5. The van der Waals surface area contributed by atoms with Gasteiger partial charge in [-0.3, -0.25) is 14.4 Å². The van der Waals surface area contributed by atoms with Crippen molar-refractivity contribution in [2.45, 2.75) is 4.90 Å². The van der Waals surface area contributed by atoms with Crippen LogP contribution in [0.3, 0.4) is 0 Å². The molecule has 0 aliphatic heterocycles. The van der Waals surface area contributed by atoms with Crippen molar-refractivity contribution < 1.29 is 23.9 Å². The lowest BCUT2D eigenvalue weighted by Crippen LogP contribution is -2.30. The lowest BCUT2D eigenvalue weighted by molar-refractivity contribution is -0.114. The monoisotopic (exact) mass is 669 g/mol.